The number of benzene rings is 1. The van der Waals surface area contributed by atoms with Gasteiger partial charge in [-0.25, -0.2) is 4.79 Å². The summed E-state index contributed by atoms with van der Waals surface area (Å²) in [5.74, 6) is 0.772. The van der Waals surface area contributed by atoms with Gasteiger partial charge in [-0.3, -0.25) is 0 Å². The number of aryl methyl sites for hydroxylation is 1. The van der Waals surface area contributed by atoms with Crippen LogP contribution in [-0.4, -0.2) is 44.8 Å². The minimum atomic E-state index is -1.23. The highest BCUT2D eigenvalue weighted by Crippen LogP contribution is 2.30. The molecule has 0 bridgehead atoms. The van der Waals surface area contributed by atoms with Crippen molar-refractivity contribution in [3.05, 3.63) is 40.2 Å². The molecule has 0 spiro atoms. The molecule has 1 aliphatic heterocycles. The van der Waals surface area contributed by atoms with Crippen LogP contribution in [0.4, 0.5) is 0 Å². The lowest BCUT2D eigenvalue weighted by atomic mass is 10.1. The molecular formula is C15H16O6S. The summed E-state index contributed by atoms with van der Waals surface area (Å²) in [5.41, 5.74) is 0.148. The van der Waals surface area contributed by atoms with Gasteiger partial charge in [0.2, 0.25) is 0 Å². The maximum absolute atomic E-state index is 11.3. The van der Waals surface area contributed by atoms with Crippen molar-refractivity contribution in [1.29, 1.82) is 0 Å². The van der Waals surface area contributed by atoms with Gasteiger partial charge >= 0.3 is 5.63 Å². The third-order valence-electron chi connectivity index (χ3n) is 3.63. The summed E-state index contributed by atoms with van der Waals surface area (Å²) in [7, 11) is 0. The molecule has 1 aromatic carbocycles. The van der Waals surface area contributed by atoms with Gasteiger partial charge in [-0.2, -0.15) is 0 Å². The molecule has 3 rings (SSSR count). The van der Waals surface area contributed by atoms with Gasteiger partial charge in [-0.1, -0.05) is 0 Å². The van der Waals surface area contributed by atoms with E-state index in [1.807, 2.05) is 0 Å². The average Bonchev–Trinajstić information content (AvgIpc) is 2.48. The Hall–Kier alpha value is -1.54. The van der Waals surface area contributed by atoms with E-state index < -0.39 is 29.4 Å². The minimum absolute atomic E-state index is 0.282. The van der Waals surface area contributed by atoms with Crippen molar-refractivity contribution in [3.8, 4) is 5.75 Å². The van der Waals surface area contributed by atoms with Gasteiger partial charge in [-0.05, 0) is 30.7 Å². The van der Waals surface area contributed by atoms with Crippen LogP contribution in [0.2, 0.25) is 0 Å². The number of ether oxygens (including phenoxy) is 1. The fraction of sp³-hybridized carbons (Fsp3) is 0.400. The Labute approximate surface area is 130 Å². The van der Waals surface area contributed by atoms with Crippen LogP contribution < -0.4 is 10.4 Å². The van der Waals surface area contributed by atoms with Gasteiger partial charge in [0.05, 0.1) is 6.10 Å². The molecule has 118 valence electrons. The van der Waals surface area contributed by atoms with Crippen LogP contribution >= 0.6 is 11.8 Å². The Kier molecular flexibility index (Phi) is 4.14. The molecule has 6 nitrogen and oxygen atoms in total. The molecule has 0 unspecified atom stereocenters. The maximum atomic E-state index is 11.3. The summed E-state index contributed by atoms with van der Waals surface area (Å²) < 4.78 is 10.8. The lowest BCUT2D eigenvalue weighted by Crippen LogP contribution is -2.50. The maximum Gasteiger partial charge on any atom is 0.336 e. The van der Waals surface area contributed by atoms with Gasteiger partial charge in [0.15, 0.2) is 5.44 Å². The molecule has 0 saturated carbocycles. The number of hydrogen-bond acceptors (Lipinski definition) is 7. The number of rotatable bonds is 2. The second-order valence-electron chi connectivity index (χ2n) is 5.27. The SMILES string of the molecule is Cc1cc(=O)oc2ccc(O[C@@H]3SC[C@@H](O)[C@H](O)[C@H]3O)cc12. The topological polar surface area (TPSA) is 100 Å². The van der Waals surface area contributed by atoms with E-state index in [1.165, 1.54) is 17.8 Å². The van der Waals surface area contributed by atoms with Crippen LogP contribution in [-0.2, 0) is 0 Å². The Morgan fingerprint density at radius 1 is 1.23 bits per heavy atom. The van der Waals surface area contributed by atoms with Crippen LogP contribution in [0.25, 0.3) is 11.0 Å². The average molecular weight is 324 g/mol. The van der Waals surface area contributed by atoms with Crippen molar-refractivity contribution in [2.45, 2.75) is 30.7 Å². The first kappa shape index (κ1) is 15.4. The van der Waals surface area contributed by atoms with Crippen molar-refractivity contribution in [2.24, 2.45) is 0 Å². The molecule has 7 heteroatoms. The molecule has 2 aromatic rings. The molecule has 0 amide bonds. The van der Waals surface area contributed by atoms with E-state index >= 15 is 0 Å². The van der Waals surface area contributed by atoms with E-state index in [1.54, 1.807) is 25.1 Å². The summed E-state index contributed by atoms with van der Waals surface area (Å²) in [6.45, 7) is 1.80. The van der Waals surface area contributed by atoms with Crippen LogP contribution in [0, 0.1) is 6.92 Å². The highest BCUT2D eigenvalue weighted by Gasteiger charge is 2.38. The van der Waals surface area contributed by atoms with Crippen molar-refractivity contribution in [2.75, 3.05) is 5.75 Å². The third-order valence-corrected chi connectivity index (χ3v) is 4.86. The molecule has 4 atom stereocenters. The van der Waals surface area contributed by atoms with Crippen LogP contribution in [0.1, 0.15) is 5.56 Å². The van der Waals surface area contributed by atoms with Crippen molar-refractivity contribution < 1.29 is 24.5 Å². The lowest BCUT2D eigenvalue weighted by Gasteiger charge is -2.34. The summed E-state index contributed by atoms with van der Waals surface area (Å²) in [5, 5.41) is 29.9. The zero-order valence-electron chi connectivity index (χ0n) is 11.8. The quantitative estimate of drug-likeness (QED) is 0.697. The van der Waals surface area contributed by atoms with E-state index in [0.29, 0.717) is 11.3 Å². The number of fused-ring (bicyclic) bond motifs is 1. The Balaban J connectivity index is 1.87. The predicted octanol–water partition coefficient (Wildman–Crippen LogP) is 0.636. The Morgan fingerprint density at radius 2 is 2.00 bits per heavy atom. The first-order valence-electron chi connectivity index (χ1n) is 6.82. The van der Waals surface area contributed by atoms with E-state index in [4.69, 9.17) is 9.15 Å². The normalized spacial score (nSPS) is 28.7. The zero-order valence-corrected chi connectivity index (χ0v) is 12.6. The number of aliphatic hydroxyl groups excluding tert-OH is 3. The van der Waals surface area contributed by atoms with Gasteiger partial charge in [0, 0.05) is 17.2 Å². The predicted molar refractivity (Wildman–Crippen MR) is 82.1 cm³/mol. The Bertz CT molecular complexity index is 742. The molecule has 22 heavy (non-hydrogen) atoms. The second-order valence-corrected chi connectivity index (χ2v) is 6.41. The fourth-order valence-corrected chi connectivity index (χ4v) is 3.51. The van der Waals surface area contributed by atoms with E-state index in [2.05, 4.69) is 0 Å². The zero-order chi connectivity index (χ0) is 15.9. The number of thioether (sulfide) groups is 1. The molecule has 0 radical (unpaired) electrons. The van der Waals surface area contributed by atoms with Crippen LogP contribution in [0.3, 0.4) is 0 Å². The third kappa shape index (κ3) is 2.85. The van der Waals surface area contributed by atoms with Crippen LogP contribution in [0.15, 0.2) is 33.5 Å². The molecule has 1 fully saturated rings. The molecule has 1 aromatic heterocycles. The summed E-state index contributed by atoms with van der Waals surface area (Å²) >= 11 is 1.23. The van der Waals surface area contributed by atoms with E-state index in [-0.39, 0.29) is 5.75 Å². The van der Waals surface area contributed by atoms with Gasteiger partial charge in [-0.15, -0.1) is 11.8 Å². The second kappa shape index (κ2) is 5.92. The highest BCUT2D eigenvalue weighted by atomic mass is 32.2. The molecular weight excluding hydrogens is 308 g/mol. The summed E-state index contributed by atoms with van der Waals surface area (Å²) in [6.07, 6.45) is -3.38. The van der Waals surface area contributed by atoms with E-state index in [9.17, 15) is 20.1 Å². The smallest absolute Gasteiger partial charge is 0.336 e. The Morgan fingerprint density at radius 3 is 2.77 bits per heavy atom. The fourth-order valence-electron chi connectivity index (χ4n) is 2.39. The van der Waals surface area contributed by atoms with Gasteiger partial charge in [0.25, 0.3) is 0 Å². The summed E-state index contributed by atoms with van der Waals surface area (Å²) in [6, 6.07) is 6.38. The monoisotopic (exact) mass is 324 g/mol. The number of hydrogen-bond donors (Lipinski definition) is 3. The number of aliphatic hydroxyl groups is 3. The van der Waals surface area contributed by atoms with Crippen molar-refractivity contribution >= 4 is 22.7 Å². The standard InChI is InChI=1S/C15H16O6S/c1-7-4-12(17)21-11-3-2-8(5-9(7)11)20-15-14(19)13(18)10(16)6-22-15/h2-5,10,13-16,18-19H,6H2,1H3/t10-,13+,14-,15-/m1/s1. The van der Waals surface area contributed by atoms with Crippen molar-refractivity contribution in [3.63, 3.8) is 0 Å². The molecule has 1 aliphatic rings. The molecule has 2 heterocycles. The lowest BCUT2D eigenvalue weighted by molar-refractivity contribution is -0.0785. The van der Waals surface area contributed by atoms with Crippen molar-refractivity contribution in [1.82, 2.24) is 0 Å². The highest BCUT2D eigenvalue weighted by molar-refractivity contribution is 7.99. The first-order valence-corrected chi connectivity index (χ1v) is 7.87. The van der Waals surface area contributed by atoms with Gasteiger partial charge < -0.3 is 24.5 Å². The van der Waals surface area contributed by atoms with E-state index in [0.717, 1.165) is 10.9 Å². The minimum Gasteiger partial charge on any atom is -0.477 e. The van der Waals surface area contributed by atoms with Gasteiger partial charge in [0.1, 0.15) is 23.5 Å². The largest absolute Gasteiger partial charge is 0.477 e. The molecule has 1 saturated heterocycles. The summed E-state index contributed by atoms with van der Waals surface area (Å²) in [4.78, 5) is 11.3. The molecule has 0 aliphatic carbocycles. The van der Waals surface area contributed by atoms with Crippen LogP contribution in [0.5, 0.6) is 5.75 Å². The first-order chi connectivity index (χ1) is 10.5. The molecule has 3 N–H and O–H groups in total.